The molecule has 4 aromatic rings. The second kappa shape index (κ2) is 9.34. The molecule has 0 saturated heterocycles. The van der Waals surface area contributed by atoms with Crippen molar-refractivity contribution in [2.75, 3.05) is 17.6 Å². The van der Waals surface area contributed by atoms with E-state index in [1.807, 2.05) is 48.5 Å². The molecule has 0 spiro atoms. The Balaban J connectivity index is 1.37. The van der Waals surface area contributed by atoms with E-state index in [-0.39, 0.29) is 18.0 Å². The molecule has 0 aliphatic carbocycles. The highest BCUT2D eigenvalue weighted by atomic mass is 16.2. The van der Waals surface area contributed by atoms with Crippen molar-refractivity contribution in [3.8, 4) is 0 Å². The fraction of sp³-hybridized carbons (Fsp3) is 0.217. The van der Waals surface area contributed by atoms with Crippen molar-refractivity contribution in [3.63, 3.8) is 0 Å². The maximum absolute atomic E-state index is 12.8. The highest BCUT2D eigenvalue weighted by Gasteiger charge is 2.12. The minimum atomic E-state index is -0.275. The minimum absolute atomic E-state index is 0.106. The number of nitrogens with two attached hydrogens (primary N) is 1. The molecule has 4 rings (SSSR count). The number of carbonyl (C=O) groups excluding carboxylic acids is 1. The molecule has 0 fully saturated rings. The number of nitrogen functional groups attached to an aromatic ring is 1. The molecule has 32 heavy (non-hydrogen) atoms. The number of aromatic amines is 1. The number of hydrogen-bond acceptors (Lipinski definition) is 6. The Labute approximate surface area is 184 Å². The number of rotatable bonds is 8. The lowest BCUT2D eigenvalue weighted by Gasteiger charge is -2.12. The molecule has 0 radical (unpaired) electrons. The van der Waals surface area contributed by atoms with Crippen LogP contribution in [-0.2, 0) is 24.3 Å². The summed E-state index contributed by atoms with van der Waals surface area (Å²) >= 11 is 0. The molecule has 2 aromatic heterocycles. The zero-order valence-corrected chi connectivity index (χ0v) is 17.8. The van der Waals surface area contributed by atoms with Gasteiger partial charge in [-0.25, -0.2) is 9.97 Å². The summed E-state index contributed by atoms with van der Waals surface area (Å²) in [7, 11) is 0. The smallest absolute Gasteiger partial charge is 0.277 e. The highest BCUT2D eigenvalue weighted by Crippen LogP contribution is 2.14. The maximum atomic E-state index is 12.8. The monoisotopic (exact) mass is 431 g/mol. The summed E-state index contributed by atoms with van der Waals surface area (Å²) in [5.41, 5.74) is 9.42. The second-order valence-corrected chi connectivity index (χ2v) is 7.52. The predicted octanol–water partition coefficient (Wildman–Crippen LogP) is 1.98. The van der Waals surface area contributed by atoms with Crippen molar-refractivity contribution in [1.82, 2.24) is 24.8 Å². The molecule has 2 aromatic carbocycles. The van der Waals surface area contributed by atoms with Crippen molar-refractivity contribution in [1.29, 1.82) is 0 Å². The van der Waals surface area contributed by atoms with Crippen LogP contribution in [0.5, 0.6) is 0 Å². The fourth-order valence-electron chi connectivity index (χ4n) is 3.46. The van der Waals surface area contributed by atoms with E-state index in [4.69, 9.17) is 5.73 Å². The quantitative estimate of drug-likeness (QED) is 0.337. The summed E-state index contributed by atoms with van der Waals surface area (Å²) < 4.78 is 1.37. The van der Waals surface area contributed by atoms with Gasteiger partial charge in [-0.3, -0.25) is 14.2 Å². The van der Waals surface area contributed by atoms with E-state index < -0.39 is 0 Å². The van der Waals surface area contributed by atoms with E-state index in [2.05, 4.69) is 25.6 Å². The van der Waals surface area contributed by atoms with Gasteiger partial charge in [0, 0.05) is 13.1 Å². The van der Waals surface area contributed by atoms with E-state index in [9.17, 15) is 9.59 Å². The predicted molar refractivity (Wildman–Crippen MR) is 124 cm³/mol. The molecular weight excluding hydrogens is 406 g/mol. The van der Waals surface area contributed by atoms with Crippen LogP contribution in [0.1, 0.15) is 17.0 Å². The average molecular weight is 432 g/mol. The maximum Gasteiger partial charge on any atom is 0.277 e. The number of benzene rings is 2. The molecule has 1 amide bonds. The third-order valence-corrected chi connectivity index (χ3v) is 5.17. The van der Waals surface area contributed by atoms with Crippen LogP contribution >= 0.6 is 0 Å². The van der Waals surface area contributed by atoms with Gasteiger partial charge in [0.2, 0.25) is 5.91 Å². The molecule has 2 heterocycles. The highest BCUT2D eigenvalue weighted by molar-refractivity contribution is 5.78. The standard InChI is InChI=1S/C23H25N7O2/c1-15-26-13-20(25-10-9-16-5-3-2-4-6-16)22(32)30(15)14-21(31)27-12-17-7-8-18-19(11-17)29-23(24)28-18/h2-8,11,13,25H,9-10,12,14H2,1H3,(H,27,31)(H3,24,28,29). The minimum Gasteiger partial charge on any atom is -0.379 e. The van der Waals surface area contributed by atoms with E-state index >= 15 is 0 Å². The number of nitrogens with one attached hydrogen (secondary N) is 3. The number of fused-ring (bicyclic) bond motifs is 1. The van der Waals surface area contributed by atoms with Gasteiger partial charge < -0.3 is 21.4 Å². The molecule has 164 valence electrons. The molecular formula is C23H25N7O2. The SMILES string of the molecule is Cc1ncc(NCCc2ccccc2)c(=O)n1CC(=O)NCc1ccc2nc(N)[nH]c2c1. The number of anilines is 2. The molecule has 0 bridgehead atoms. The fourth-order valence-corrected chi connectivity index (χ4v) is 3.46. The van der Waals surface area contributed by atoms with Gasteiger partial charge in [-0.05, 0) is 36.6 Å². The Hall–Kier alpha value is -4.14. The summed E-state index contributed by atoms with van der Waals surface area (Å²) in [5.74, 6) is 0.552. The number of H-pyrrole nitrogens is 1. The zero-order valence-electron chi connectivity index (χ0n) is 17.8. The molecule has 9 heteroatoms. The summed E-state index contributed by atoms with van der Waals surface area (Å²) in [5, 5.41) is 5.98. The van der Waals surface area contributed by atoms with Crippen molar-refractivity contribution >= 4 is 28.6 Å². The Morgan fingerprint density at radius 1 is 1.16 bits per heavy atom. The lowest BCUT2D eigenvalue weighted by Crippen LogP contribution is -2.34. The number of hydrogen-bond donors (Lipinski definition) is 4. The van der Waals surface area contributed by atoms with Gasteiger partial charge in [-0.2, -0.15) is 0 Å². The van der Waals surface area contributed by atoms with Crippen molar-refractivity contribution < 1.29 is 4.79 Å². The third kappa shape index (κ3) is 4.94. The van der Waals surface area contributed by atoms with Crippen LogP contribution in [0.4, 0.5) is 11.6 Å². The summed E-state index contributed by atoms with van der Waals surface area (Å²) in [6.07, 6.45) is 2.29. The van der Waals surface area contributed by atoms with Crippen molar-refractivity contribution in [2.24, 2.45) is 0 Å². The van der Waals surface area contributed by atoms with E-state index in [0.29, 0.717) is 30.5 Å². The van der Waals surface area contributed by atoms with Crippen molar-refractivity contribution in [2.45, 2.75) is 26.4 Å². The van der Waals surface area contributed by atoms with Crippen LogP contribution in [0.15, 0.2) is 59.5 Å². The van der Waals surface area contributed by atoms with Gasteiger partial charge in [0.25, 0.3) is 5.56 Å². The van der Waals surface area contributed by atoms with Gasteiger partial charge in [0.1, 0.15) is 18.1 Å². The number of aromatic nitrogens is 4. The van der Waals surface area contributed by atoms with Crippen LogP contribution in [0.3, 0.4) is 0 Å². The second-order valence-electron chi connectivity index (χ2n) is 7.52. The lowest BCUT2D eigenvalue weighted by molar-refractivity contribution is -0.121. The van der Waals surface area contributed by atoms with E-state index in [1.165, 1.54) is 16.3 Å². The number of nitrogens with zero attached hydrogens (tertiary/aromatic N) is 3. The molecule has 0 saturated carbocycles. The first-order valence-corrected chi connectivity index (χ1v) is 10.3. The Morgan fingerprint density at radius 3 is 2.78 bits per heavy atom. The molecule has 0 unspecified atom stereocenters. The Bertz CT molecular complexity index is 1290. The van der Waals surface area contributed by atoms with Crippen molar-refractivity contribution in [3.05, 3.63) is 82.0 Å². The van der Waals surface area contributed by atoms with E-state index in [1.54, 1.807) is 6.92 Å². The first-order chi connectivity index (χ1) is 15.5. The molecule has 5 N–H and O–H groups in total. The normalized spacial score (nSPS) is 10.9. The molecule has 0 atom stereocenters. The first-order valence-electron chi connectivity index (χ1n) is 10.3. The van der Waals surface area contributed by atoms with Crippen LogP contribution in [0.2, 0.25) is 0 Å². The lowest BCUT2D eigenvalue weighted by atomic mass is 10.1. The summed E-state index contributed by atoms with van der Waals surface area (Å²) in [6.45, 7) is 2.52. The molecule has 0 aliphatic rings. The van der Waals surface area contributed by atoms with Gasteiger partial charge in [-0.15, -0.1) is 0 Å². The van der Waals surface area contributed by atoms with Gasteiger partial charge >= 0.3 is 0 Å². The summed E-state index contributed by atoms with van der Waals surface area (Å²) in [6, 6.07) is 15.6. The van der Waals surface area contributed by atoms with Gasteiger partial charge in [0.15, 0.2) is 5.95 Å². The third-order valence-electron chi connectivity index (χ3n) is 5.17. The molecule has 0 aliphatic heterocycles. The first kappa shape index (κ1) is 21.1. The number of aryl methyl sites for hydroxylation is 1. The van der Waals surface area contributed by atoms with Gasteiger partial charge in [0.05, 0.1) is 17.2 Å². The van der Waals surface area contributed by atoms with Crippen LogP contribution in [-0.4, -0.2) is 32.0 Å². The summed E-state index contributed by atoms with van der Waals surface area (Å²) in [4.78, 5) is 36.8. The van der Waals surface area contributed by atoms with E-state index in [0.717, 1.165) is 23.0 Å². The Kier molecular flexibility index (Phi) is 6.16. The number of carbonyl (C=O) groups is 1. The number of amides is 1. The molecule has 9 nitrogen and oxygen atoms in total. The Morgan fingerprint density at radius 2 is 1.97 bits per heavy atom. The number of imidazole rings is 1. The largest absolute Gasteiger partial charge is 0.379 e. The topological polar surface area (TPSA) is 131 Å². The zero-order chi connectivity index (χ0) is 22.5. The van der Waals surface area contributed by atoms with Crippen LogP contribution in [0, 0.1) is 6.92 Å². The van der Waals surface area contributed by atoms with Crippen LogP contribution < -0.4 is 21.9 Å². The van der Waals surface area contributed by atoms with Crippen LogP contribution in [0.25, 0.3) is 11.0 Å². The average Bonchev–Trinajstić information content (AvgIpc) is 3.16. The van der Waals surface area contributed by atoms with Gasteiger partial charge in [-0.1, -0.05) is 36.4 Å².